The molecule has 0 aliphatic heterocycles. The molecular weight excluding hydrogens is 288 g/mol. The van der Waals surface area contributed by atoms with Crippen LogP contribution in [0.1, 0.15) is 46.7 Å². The summed E-state index contributed by atoms with van der Waals surface area (Å²) in [5.74, 6) is -0.0437. The summed E-state index contributed by atoms with van der Waals surface area (Å²) >= 11 is 1.24. The van der Waals surface area contributed by atoms with Crippen molar-refractivity contribution >= 4 is 33.8 Å². The molecule has 0 atom stereocenters. The number of nitrogens with one attached hydrogen (secondary N) is 3. The third kappa shape index (κ3) is 3.66. The van der Waals surface area contributed by atoms with E-state index in [1.54, 1.807) is 7.05 Å². The number of anilines is 2. The summed E-state index contributed by atoms with van der Waals surface area (Å²) in [4.78, 5) is 24.6. The summed E-state index contributed by atoms with van der Waals surface area (Å²) in [6.45, 7) is 4.86. The van der Waals surface area contributed by atoms with E-state index in [9.17, 15) is 9.59 Å². The Bertz CT molecular complexity index is 549. The fraction of sp³-hybridized carbons (Fsp3) is 0.571. The minimum absolute atomic E-state index is 0.192. The highest BCUT2D eigenvalue weighted by Gasteiger charge is 2.29. The van der Waals surface area contributed by atoms with Crippen molar-refractivity contribution in [3.05, 3.63) is 10.4 Å². The van der Waals surface area contributed by atoms with Crippen LogP contribution in [0.15, 0.2) is 0 Å². The normalized spacial score (nSPS) is 14.1. The van der Waals surface area contributed by atoms with Crippen LogP contribution >= 0.6 is 11.3 Å². The predicted octanol–water partition coefficient (Wildman–Crippen LogP) is 1.65. The minimum atomic E-state index is -0.277. The van der Waals surface area contributed by atoms with Crippen LogP contribution in [0.2, 0.25) is 0 Å². The van der Waals surface area contributed by atoms with Crippen LogP contribution in [0.3, 0.4) is 0 Å². The lowest BCUT2D eigenvalue weighted by molar-refractivity contribution is 0.0955. The minimum Gasteiger partial charge on any atom is -0.397 e. The first-order chi connectivity index (χ1) is 9.93. The molecule has 1 aliphatic carbocycles. The van der Waals surface area contributed by atoms with Gasteiger partial charge in [0.25, 0.3) is 11.8 Å². The third-order valence-electron chi connectivity index (χ3n) is 3.19. The number of carbonyl (C=O) groups excluding carboxylic acids is 2. The summed E-state index contributed by atoms with van der Waals surface area (Å²) in [5.41, 5.74) is 6.65. The first-order valence-electron chi connectivity index (χ1n) is 7.13. The SMILES string of the molecule is CNC(=O)c1c(NCC(C)C)sc(C(=O)NC2CC2)c1N. The molecule has 1 aromatic rings. The lowest BCUT2D eigenvalue weighted by Gasteiger charge is -2.09. The summed E-state index contributed by atoms with van der Waals surface area (Å²) < 4.78 is 0. The van der Waals surface area contributed by atoms with Crippen LogP contribution in [0.25, 0.3) is 0 Å². The van der Waals surface area contributed by atoms with E-state index in [1.807, 2.05) is 0 Å². The van der Waals surface area contributed by atoms with Gasteiger partial charge < -0.3 is 21.7 Å². The second-order valence-electron chi connectivity index (χ2n) is 5.65. The average molecular weight is 310 g/mol. The van der Waals surface area contributed by atoms with Crippen molar-refractivity contribution in [3.8, 4) is 0 Å². The molecule has 116 valence electrons. The topological polar surface area (TPSA) is 96.2 Å². The van der Waals surface area contributed by atoms with Crippen LogP contribution in [0.4, 0.5) is 10.7 Å². The highest BCUT2D eigenvalue weighted by Crippen LogP contribution is 2.36. The van der Waals surface area contributed by atoms with E-state index < -0.39 is 0 Å². The fourth-order valence-electron chi connectivity index (χ4n) is 1.86. The molecule has 1 saturated carbocycles. The van der Waals surface area contributed by atoms with Gasteiger partial charge in [0.1, 0.15) is 9.88 Å². The Kier molecular flexibility index (Phi) is 4.72. The third-order valence-corrected chi connectivity index (χ3v) is 4.35. The molecule has 0 bridgehead atoms. The maximum atomic E-state index is 12.2. The maximum absolute atomic E-state index is 12.2. The molecule has 1 heterocycles. The number of nitrogens with two attached hydrogens (primary N) is 1. The Morgan fingerprint density at radius 1 is 1.33 bits per heavy atom. The zero-order valence-corrected chi connectivity index (χ0v) is 13.4. The van der Waals surface area contributed by atoms with E-state index in [4.69, 9.17) is 5.73 Å². The van der Waals surface area contributed by atoms with E-state index in [-0.39, 0.29) is 23.5 Å². The Morgan fingerprint density at radius 2 is 2.00 bits per heavy atom. The molecule has 1 aliphatic rings. The van der Waals surface area contributed by atoms with Gasteiger partial charge in [-0.1, -0.05) is 13.8 Å². The van der Waals surface area contributed by atoms with Crippen molar-refractivity contribution < 1.29 is 9.59 Å². The largest absolute Gasteiger partial charge is 0.397 e. The molecule has 0 spiro atoms. The lowest BCUT2D eigenvalue weighted by atomic mass is 10.2. The van der Waals surface area contributed by atoms with Crippen molar-refractivity contribution in [2.75, 3.05) is 24.6 Å². The molecule has 1 fully saturated rings. The van der Waals surface area contributed by atoms with E-state index in [1.165, 1.54) is 11.3 Å². The summed E-state index contributed by atoms with van der Waals surface area (Å²) in [6.07, 6.45) is 2.02. The average Bonchev–Trinajstić information content (AvgIpc) is 3.17. The lowest BCUT2D eigenvalue weighted by Crippen LogP contribution is -2.26. The Morgan fingerprint density at radius 3 is 2.52 bits per heavy atom. The van der Waals surface area contributed by atoms with E-state index in [2.05, 4.69) is 29.8 Å². The summed E-state index contributed by atoms with van der Waals surface area (Å²) in [7, 11) is 1.55. The standard InChI is InChI=1S/C14H22N4O2S/c1-7(2)6-17-14-9(12(19)16-3)10(15)11(21-14)13(20)18-8-4-5-8/h7-8,17H,4-6,15H2,1-3H3,(H,16,19)(H,18,20). The van der Waals surface area contributed by atoms with Gasteiger partial charge in [0.2, 0.25) is 0 Å². The monoisotopic (exact) mass is 310 g/mol. The Hall–Kier alpha value is -1.76. The van der Waals surface area contributed by atoms with Crippen molar-refractivity contribution in [1.82, 2.24) is 10.6 Å². The summed E-state index contributed by atoms with van der Waals surface area (Å²) in [5, 5.41) is 9.34. The molecule has 2 amide bonds. The summed E-state index contributed by atoms with van der Waals surface area (Å²) in [6, 6.07) is 0.259. The zero-order chi connectivity index (χ0) is 15.6. The molecule has 0 saturated heterocycles. The number of thiophene rings is 1. The van der Waals surface area contributed by atoms with Crippen LogP contribution in [0.5, 0.6) is 0 Å². The van der Waals surface area contributed by atoms with Crippen LogP contribution in [-0.2, 0) is 0 Å². The van der Waals surface area contributed by atoms with Gasteiger partial charge in [-0.15, -0.1) is 11.3 Å². The number of hydrogen-bond acceptors (Lipinski definition) is 5. The number of amides is 2. The van der Waals surface area contributed by atoms with Gasteiger partial charge in [-0.05, 0) is 18.8 Å². The maximum Gasteiger partial charge on any atom is 0.263 e. The molecule has 7 heteroatoms. The number of rotatable bonds is 6. The molecule has 5 N–H and O–H groups in total. The van der Waals surface area contributed by atoms with Gasteiger partial charge in [-0.2, -0.15) is 0 Å². The first-order valence-corrected chi connectivity index (χ1v) is 7.94. The van der Waals surface area contributed by atoms with Gasteiger partial charge in [0.05, 0.1) is 11.3 Å². The van der Waals surface area contributed by atoms with E-state index in [0.717, 1.165) is 12.8 Å². The van der Waals surface area contributed by atoms with Gasteiger partial charge in [0.15, 0.2) is 0 Å². The van der Waals surface area contributed by atoms with E-state index in [0.29, 0.717) is 27.9 Å². The smallest absolute Gasteiger partial charge is 0.263 e. The number of hydrogen-bond donors (Lipinski definition) is 4. The number of carbonyl (C=O) groups is 2. The molecule has 21 heavy (non-hydrogen) atoms. The Balaban J connectivity index is 2.28. The fourth-order valence-corrected chi connectivity index (χ4v) is 2.89. The van der Waals surface area contributed by atoms with Crippen molar-refractivity contribution in [2.24, 2.45) is 5.92 Å². The van der Waals surface area contributed by atoms with Crippen molar-refractivity contribution in [2.45, 2.75) is 32.7 Å². The quantitative estimate of drug-likeness (QED) is 0.642. The first kappa shape index (κ1) is 15.6. The number of nitrogen functional groups attached to an aromatic ring is 1. The van der Waals surface area contributed by atoms with Crippen LogP contribution in [-0.4, -0.2) is 31.4 Å². The van der Waals surface area contributed by atoms with Gasteiger partial charge in [0, 0.05) is 19.6 Å². The van der Waals surface area contributed by atoms with E-state index >= 15 is 0 Å². The predicted molar refractivity (Wildman–Crippen MR) is 85.9 cm³/mol. The Labute approximate surface area is 128 Å². The molecule has 2 rings (SSSR count). The highest BCUT2D eigenvalue weighted by molar-refractivity contribution is 7.19. The van der Waals surface area contributed by atoms with Gasteiger partial charge in [-0.25, -0.2) is 0 Å². The molecule has 0 radical (unpaired) electrons. The van der Waals surface area contributed by atoms with Crippen molar-refractivity contribution in [3.63, 3.8) is 0 Å². The second kappa shape index (κ2) is 6.34. The van der Waals surface area contributed by atoms with Crippen LogP contribution < -0.4 is 21.7 Å². The molecule has 0 aromatic carbocycles. The molecule has 1 aromatic heterocycles. The van der Waals surface area contributed by atoms with Gasteiger partial charge >= 0.3 is 0 Å². The van der Waals surface area contributed by atoms with Crippen LogP contribution in [0, 0.1) is 5.92 Å². The molecular formula is C14H22N4O2S. The molecule has 6 nitrogen and oxygen atoms in total. The van der Waals surface area contributed by atoms with Gasteiger partial charge in [-0.3, -0.25) is 9.59 Å². The highest BCUT2D eigenvalue weighted by atomic mass is 32.1. The molecule has 0 unspecified atom stereocenters. The zero-order valence-electron chi connectivity index (χ0n) is 12.6. The van der Waals surface area contributed by atoms with Crippen molar-refractivity contribution in [1.29, 1.82) is 0 Å². The second-order valence-corrected chi connectivity index (χ2v) is 6.67.